The van der Waals surface area contributed by atoms with Crippen LogP contribution in [0, 0.1) is 0 Å². The fourth-order valence-corrected chi connectivity index (χ4v) is 5.14. The summed E-state index contributed by atoms with van der Waals surface area (Å²) in [5.74, 6) is 0.160. The van der Waals surface area contributed by atoms with Crippen LogP contribution in [0.4, 0.5) is 5.13 Å². The molecule has 4 rings (SSSR count). The smallest absolute Gasteiger partial charge is 0.334 e. The first-order valence-corrected chi connectivity index (χ1v) is 11.7. The molecule has 2 aromatic carbocycles. The number of benzene rings is 2. The predicted octanol–water partition coefficient (Wildman–Crippen LogP) is 4.84. The van der Waals surface area contributed by atoms with Crippen molar-refractivity contribution in [2.24, 2.45) is 0 Å². The maximum Gasteiger partial charge on any atom is 0.334 e. The van der Waals surface area contributed by atoms with Gasteiger partial charge in [-0.3, -0.25) is 10.1 Å². The summed E-state index contributed by atoms with van der Waals surface area (Å²) in [7, 11) is 0. The Hall–Kier alpha value is -2.08. The lowest BCUT2D eigenvalue weighted by atomic mass is 9.86. The van der Waals surface area contributed by atoms with Crippen molar-refractivity contribution in [3.63, 3.8) is 0 Å². The van der Waals surface area contributed by atoms with Crippen LogP contribution in [0.15, 0.2) is 53.9 Å². The molecule has 30 heavy (non-hydrogen) atoms. The maximum atomic E-state index is 12.8. The van der Waals surface area contributed by atoms with Gasteiger partial charge in [-0.1, -0.05) is 58.8 Å². The highest BCUT2D eigenvalue weighted by Gasteiger charge is 2.26. The molecule has 3 aromatic rings. The average molecular weight is 461 g/mol. The maximum absolute atomic E-state index is 12.8. The third-order valence-electron chi connectivity index (χ3n) is 5.51. The van der Waals surface area contributed by atoms with Gasteiger partial charge in [0.25, 0.3) is 0 Å². The number of hydrogen-bond donors (Lipinski definition) is 2. The molecule has 4 nitrogen and oxygen atoms in total. The van der Waals surface area contributed by atoms with Crippen LogP contribution in [-0.2, 0) is 24.2 Å². The van der Waals surface area contributed by atoms with E-state index in [0.29, 0.717) is 11.4 Å². The van der Waals surface area contributed by atoms with Gasteiger partial charge in [0, 0.05) is 27.4 Å². The standard InChI is InChI=1S/C23H23Cl2N3OS/c1-15(27-22(29)13-20-14-30-23-26-10-11-28(20)23)21(17-4-8-19(25)9-5-17)12-16-2-6-18(24)7-3-16/h2-9,14-15,21H,10-13H2,1H3,(H,27,29)/p+1/t15-,21+/m1/s1. The van der Waals surface area contributed by atoms with Crippen LogP contribution in [0.25, 0.3) is 0 Å². The van der Waals surface area contributed by atoms with Crippen LogP contribution >= 0.6 is 34.5 Å². The molecule has 0 aliphatic carbocycles. The minimum Gasteiger partial charge on any atom is -0.353 e. The normalized spacial score (nSPS) is 14.6. The summed E-state index contributed by atoms with van der Waals surface area (Å²) in [6.07, 6.45) is 1.18. The van der Waals surface area contributed by atoms with Gasteiger partial charge in [-0.25, -0.2) is 4.57 Å². The summed E-state index contributed by atoms with van der Waals surface area (Å²) in [5, 5.41) is 11.2. The molecule has 0 unspecified atom stereocenters. The second kappa shape index (κ2) is 9.38. The Labute approximate surface area is 190 Å². The Balaban J connectivity index is 1.49. The van der Waals surface area contributed by atoms with Crippen molar-refractivity contribution in [3.05, 3.63) is 80.8 Å². The lowest BCUT2D eigenvalue weighted by Crippen LogP contribution is -2.41. The number of nitrogens with zero attached hydrogens (tertiary/aromatic N) is 1. The molecule has 1 aromatic heterocycles. The lowest BCUT2D eigenvalue weighted by molar-refractivity contribution is -0.673. The summed E-state index contributed by atoms with van der Waals surface area (Å²) in [4.78, 5) is 12.8. The number of carbonyl (C=O) groups excluding carboxylic acids is 1. The van der Waals surface area contributed by atoms with E-state index < -0.39 is 0 Å². The number of hydrogen-bond acceptors (Lipinski definition) is 3. The van der Waals surface area contributed by atoms with Gasteiger partial charge in [-0.2, -0.15) is 0 Å². The Morgan fingerprint density at radius 2 is 1.80 bits per heavy atom. The molecule has 0 saturated heterocycles. The molecule has 0 saturated carbocycles. The highest BCUT2D eigenvalue weighted by molar-refractivity contribution is 7.13. The largest absolute Gasteiger partial charge is 0.353 e. The molecule has 0 spiro atoms. The molecule has 2 atom stereocenters. The van der Waals surface area contributed by atoms with Gasteiger partial charge in [0.05, 0.1) is 6.42 Å². The topological polar surface area (TPSA) is 45.0 Å². The van der Waals surface area contributed by atoms with E-state index in [2.05, 4.69) is 27.5 Å². The van der Waals surface area contributed by atoms with Crippen molar-refractivity contribution in [1.82, 2.24) is 5.32 Å². The number of nitrogens with one attached hydrogen (secondary N) is 2. The van der Waals surface area contributed by atoms with Crippen molar-refractivity contribution in [2.45, 2.75) is 38.3 Å². The molecule has 0 fully saturated rings. The summed E-state index contributed by atoms with van der Waals surface area (Å²) < 4.78 is 2.19. The van der Waals surface area contributed by atoms with E-state index in [1.165, 1.54) is 5.56 Å². The van der Waals surface area contributed by atoms with Gasteiger partial charge in [0.2, 0.25) is 5.91 Å². The summed E-state index contributed by atoms with van der Waals surface area (Å²) in [5.41, 5.74) is 3.39. The van der Waals surface area contributed by atoms with Crippen LogP contribution in [0.5, 0.6) is 0 Å². The number of thiazole rings is 1. The van der Waals surface area contributed by atoms with E-state index in [1.54, 1.807) is 11.3 Å². The molecule has 2 heterocycles. The van der Waals surface area contributed by atoms with Crippen LogP contribution in [0.2, 0.25) is 10.0 Å². The molecular weight excluding hydrogens is 437 g/mol. The van der Waals surface area contributed by atoms with E-state index in [0.717, 1.165) is 40.9 Å². The Kier molecular flexibility index (Phi) is 6.61. The van der Waals surface area contributed by atoms with Crippen molar-refractivity contribution in [2.75, 3.05) is 11.9 Å². The van der Waals surface area contributed by atoms with Gasteiger partial charge in [0.15, 0.2) is 0 Å². The number of carbonyl (C=O) groups is 1. The molecule has 1 aliphatic heterocycles. The number of halogens is 2. The van der Waals surface area contributed by atoms with Crippen LogP contribution < -0.4 is 15.2 Å². The zero-order valence-corrected chi connectivity index (χ0v) is 19.0. The third kappa shape index (κ3) is 4.97. The quantitative estimate of drug-likeness (QED) is 0.495. The third-order valence-corrected chi connectivity index (χ3v) is 6.99. The first-order valence-electron chi connectivity index (χ1n) is 10.0. The van der Waals surface area contributed by atoms with E-state index >= 15 is 0 Å². The number of amides is 1. The molecule has 156 valence electrons. The molecule has 1 amide bonds. The van der Waals surface area contributed by atoms with Crippen molar-refractivity contribution >= 4 is 45.6 Å². The van der Waals surface area contributed by atoms with E-state index in [1.807, 2.05) is 48.5 Å². The van der Waals surface area contributed by atoms with Gasteiger partial charge in [-0.05, 0) is 48.7 Å². The number of rotatable bonds is 7. The van der Waals surface area contributed by atoms with Gasteiger partial charge in [0.1, 0.15) is 18.8 Å². The Morgan fingerprint density at radius 1 is 1.13 bits per heavy atom. The van der Waals surface area contributed by atoms with Gasteiger partial charge >= 0.3 is 5.13 Å². The molecule has 0 bridgehead atoms. The highest BCUT2D eigenvalue weighted by Crippen LogP contribution is 2.27. The van der Waals surface area contributed by atoms with Crippen LogP contribution in [-0.4, -0.2) is 18.5 Å². The van der Waals surface area contributed by atoms with Crippen LogP contribution in [0.3, 0.4) is 0 Å². The highest BCUT2D eigenvalue weighted by atomic mass is 35.5. The molecular formula is C23H24Cl2N3OS+. The molecule has 7 heteroatoms. The minimum atomic E-state index is -0.0378. The van der Waals surface area contributed by atoms with Gasteiger partial charge in [-0.15, -0.1) is 0 Å². The van der Waals surface area contributed by atoms with E-state index in [-0.39, 0.29) is 17.9 Å². The van der Waals surface area contributed by atoms with E-state index in [4.69, 9.17) is 23.2 Å². The first-order chi connectivity index (χ1) is 14.5. The zero-order chi connectivity index (χ0) is 21.1. The predicted molar refractivity (Wildman–Crippen MR) is 124 cm³/mol. The Bertz CT molecular complexity index is 1020. The lowest BCUT2D eigenvalue weighted by Gasteiger charge is -2.26. The Morgan fingerprint density at radius 3 is 2.50 bits per heavy atom. The number of aromatic nitrogens is 1. The average Bonchev–Trinajstić information content (AvgIpc) is 3.33. The summed E-state index contributed by atoms with van der Waals surface area (Å²) >= 11 is 13.8. The van der Waals surface area contributed by atoms with Crippen molar-refractivity contribution in [1.29, 1.82) is 0 Å². The number of fused-ring (bicyclic) bond motifs is 1. The second-order valence-corrected chi connectivity index (χ2v) is 9.36. The molecule has 0 radical (unpaired) electrons. The SMILES string of the molecule is C[C@@H](NC(=O)Cc1csc2[n+]1CCN2)[C@H](Cc1ccc(Cl)cc1)c1ccc(Cl)cc1. The fourth-order valence-electron chi connectivity index (χ4n) is 3.91. The fraction of sp³-hybridized carbons (Fsp3) is 0.304. The van der Waals surface area contributed by atoms with E-state index in [9.17, 15) is 4.79 Å². The van der Waals surface area contributed by atoms with Gasteiger partial charge < -0.3 is 5.32 Å². The summed E-state index contributed by atoms with van der Waals surface area (Å²) in [6, 6.07) is 15.7. The second-order valence-electron chi connectivity index (χ2n) is 7.63. The van der Waals surface area contributed by atoms with Crippen LogP contribution in [0.1, 0.15) is 29.7 Å². The van der Waals surface area contributed by atoms with Crippen molar-refractivity contribution < 1.29 is 9.36 Å². The first kappa shape index (κ1) is 21.2. The van der Waals surface area contributed by atoms with Crippen molar-refractivity contribution in [3.8, 4) is 0 Å². The minimum absolute atomic E-state index is 0.0378. The monoisotopic (exact) mass is 460 g/mol. The molecule has 2 N–H and O–H groups in total. The molecule has 1 aliphatic rings. The summed E-state index contributed by atoms with van der Waals surface area (Å²) in [6.45, 7) is 3.91. The zero-order valence-electron chi connectivity index (χ0n) is 16.7. The number of anilines is 1.